The van der Waals surface area contributed by atoms with E-state index in [-0.39, 0.29) is 0 Å². The van der Waals surface area contributed by atoms with Gasteiger partial charge < -0.3 is 4.57 Å². The maximum atomic E-state index is 4.68. The van der Waals surface area contributed by atoms with E-state index >= 15 is 0 Å². The molecule has 0 saturated heterocycles. The first-order chi connectivity index (χ1) is 17.8. The highest BCUT2D eigenvalue weighted by atomic mass is 15.2. The van der Waals surface area contributed by atoms with Crippen molar-refractivity contribution in [1.29, 1.82) is 0 Å². The van der Waals surface area contributed by atoms with Gasteiger partial charge in [0.05, 0.1) is 17.2 Å². The Morgan fingerprint density at radius 1 is 0.611 bits per heavy atom. The van der Waals surface area contributed by atoms with Crippen LogP contribution < -0.4 is 0 Å². The van der Waals surface area contributed by atoms with Gasteiger partial charge in [-0.15, -0.1) is 5.10 Å². The molecule has 0 amide bonds. The molecular formula is C33H25N3. The normalized spacial score (nSPS) is 11.4. The van der Waals surface area contributed by atoms with Crippen molar-refractivity contribution in [3.63, 3.8) is 0 Å². The summed E-state index contributed by atoms with van der Waals surface area (Å²) in [4.78, 5) is 0. The lowest BCUT2D eigenvalue weighted by Gasteiger charge is -2.08. The predicted molar refractivity (Wildman–Crippen MR) is 152 cm³/mol. The quantitative estimate of drug-likeness (QED) is 0.183. The van der Waals surface area contributed by atoms with Crippen LogP contribution in [0.4, 0.5) is 0 Å². The number of aryl methyl sites for hydroxylation is 1. The van der Waals surface area contributed by atoms with Crippen LogP contribution in [-0.4, -0.2) is 16.5 Å². The molecule has 0 saturated carbocycles. The second kappa shape index (κ2) is 9.47. The first-order valence-corrected chi connectivity index (χ1v) is 12.1. The van der Waals surface area contributed by atoms with Gasteiger partial charge >= 0.3 is 0 Å². The van der Waals surface area contributed by atoms with E-state index in [0.29, 0.717) is 0 Å². The van der Waals surface area contributed by atoms with E-state index in [1.54, 1.807) is 0 Å². The van der Waals surface area contributed by atoms with E-state index in [1.165, 1.54) is 21.8 Å². The van der Waals surface area contributed by atoms with Crippen molar-refractivity contribution in [3.8, 4) is 5.69 Å². The zero-order chi connectivity index (χ0) is 24.3. The first kappa shape index (κ1) is 21.8. The number of hydrogen-bond donors (Lipinski definition) is 0. The van der Waals surface area contributed by atoms with Crippen molar-refractivity contribution in [2.45, 2.75) is 6.92 Å². The topological polar surface area (TPSA) is 29.6 Å². The molecule has 6 aromatic rings. The average Bonchev–Trinajstić information content (AvgIpc) is 3.25. The largest absolute Gasteiger partial charge is 0.309 e. The molecule has 1 aromatic heterocycles. The van der Waals surface area contributed by atoms with Gasteiger partial charge in [0.15, 0.2) is 0 Å². The molecule has 3 nitrogen and oxygen atoms in total. The molecule has 0 bridgehead atoms. The molecule has 0 aliphatic carbocycles. The van der Waals surface area contributed by atoms with Crippen molar-refractivity contribution in [3.05, 3.63) is 150 Å². The Balaban J connectivity index is 1.47. The van der Waals surface area contributed by atoms with E-state index in [1.807, 2.05) is 42.6 Å². The fraction of sp³-hybridized carbons (Fsp3) is 0.0303. The van der Waals surface area contributed by atoms with Gasteiger partial charge in [-0.05, 0) is 48.4 Å². The number of benzene rings is 5. The molecule has 0 atom stereocenters. The second-order valence-electron chi connectivity index (χ2n) is 8.84. The molecule has 3 heteroatoms. The maximum absolute atomic E-state index is 4.68. The Labute approximate surface area is 210 Å². The number of fused-ring (bicyclic) bond motifs is 3. The lowest BCUT2D eigenvalue weighted by molar-refractivity contribution is 1.18. The van der Waals surface area contributed by atoms with Gasteiger partial charge in [0.25, 0.3) is 0 Å². The molecule has 6 rings (SSSR count). The molecule has 0 spiro atoms. The van der Waals surface area contributed by atoms with Crippen molar-refractivity contribution in [1.82, 2.24) is 4.57 Å². The van der Waals surface area contributed by atoms with Crippen molar-refractivity contribution in [2.75, 3.05) is 0 Å². The summed E-state index contributed by atoms with van der Waals surface area (Å²) >= 11 is 0. The van der Waals surface area contributed by atoms with Crippen molar-refractivity contribution < 1.29 is 0 Å². The maximum Gasteiger partial charge on any atom is 0.100 e. The van der Waals surface area contributed by atoms with Crippen LogP contribution in [0.3, 0.4) is 0 Å². The summed E-state index contributed by atoms with van der Waals surface area (Å²) in [5, 5.41) is 11.7. The molecule has 0 N–H and O–H groups in total. The van der Waals surface area contributed by atoms with Crippen LogP contribution in [0.25, 0.3) is 27.5 Å². The summed E-state index contributed by atoms with van der Waals surface area (Å²) in [7, 11) is 0. The van der Waals surface area contributed by atoms with Crippen LogP contribution in [0.2, 0.25) is 0 Å². The third-order valence-corrected chi connectivity index (χ3v) is 6.52. The Kier molecular flexibility index (Phi) is 5.72. The highest BCUT2D eigenvalue weighted by Crippen LogP contribution is 2.33. The second-order valence-corrected chi connectivity index (χ2v) is 8.84. The summed E-state index contributed by atoms with van der Waals surface area (Å²) in [5.74, 6) is 0. The Hall–Kier alpha value is -4.76. The van der Waals surface area contributed by atoms with Gasteiger partial charge in [-0.1, -0.05) is 97.1 Å². The Morgan fingerprint density at radius 2 is 1.19 bits per heavy atom. The number of hydrogen-bond acceptors (Lipinski definition) is 2. The zero-order valence-electron chi connectivity index (χ0n) is 20.0. The summed E-state index contributed by atoms with van der Waals surface area (Å²) in [6.45, 7) is 2.13. The molecule has 172 valence electrons. The van der Waals surface area contributed by atoms with Crippen LogP contribution in [0.1, 0.15) is 22.3 Å². The van der Waals surface area contributed by atoms with E-state index < -0.39 is 0 Å². The molecule has 0 radical (unpaired) electrons. The Morgan fingerprint density at radius 3 is 1.86 bits per heavy atom. The van der Waals surface area contributed by atoms with Gasteiger partial charge in [-0.3, -0.25) is 0 Å². The summed E-state index contributed by atoms with van der Waals surface area (Å²) < 4.78 is 2.33. The van der Waals surface area contributed by atoms with E-state index in [2.05, 4.69) is 113 Å². The van der Waals surface area contributed by atoms with Crippen molar-refractivity contribution in [2.24, 2.45) is 10.2 Å². The van der Waals surface area contributed by atoms with Crippen LogP contribution in [-0.2, 0) is 0 Å². The van der Waals surface area contributed by atoms with Crippen molar-refractivity contribution >= 4 is 33.7 Å². The van der Waals surface area contributed by atoms with E-state index in [4.69, 9.17) is 0 Å². The fourth-order valence-corrected chi connectivity index (χ4v) is 4.75. The summed E-state index contributed by atoms with van der Waals surface area (Å²) in [6, 6.07) is 44.0. The van der Waals surface area contributed by atoms with E-state index in [0.717, 1.165) is 33.7 Å². The smallest absolute Gasteiger partial charge is 0.100 e. The molecule has 0 fully saturated rings. The third kappa shape index (κ3) is 4.01. The van der Waals surface area contributed by atoms with Crippen LogP contribution >= 0.6 is 0 Å². The molecule has 36 heavy (non-hydrogen) atoms. The van der Waals surface area contributed by atoms with Gasteiger partial charge in [0, 0.05) is 27.6 Å². The summed E-state index contributed by atoms with van der Waals surface area (Å²) in [5.41, 5.74) is 8.69. The standard InChI is InChI=1S/C33H25N3/c1-24-21-32-30(29-19-11-12-20-31(29)36(32)28-17-9-4-10-18-28)22-27(24)23-34-35-33(25-13-5-2-6-14-25)26-15-7-3-8-16-26/h2-23H,1H3/b34-23+. The number of para-hydroxylation sites is 2. The fourth-order valence-electron chi connectivity index (χ4n) is 4.75. The van der Waals surface area contributed by atoms with Gasteiger partial charge in [-0.25, -0.2) is 0 Å². The summed E-state index contributed by atoms with van der Waals surface area (Å²) in [6.07, 6.45) is 1.87. The minimum Gasteiger partial charge on any atom is -0.309 e. The van der Waals surface area contributed by atoms with Crippen LogP contribution in [0.5, 0.6) is 0 Å². The SMILES string of the molecule is Cc1cc2c(cc1/C=N/N=C(c1ccccc1)c1ccccc1)c1ccccc1n2-c1ccccc1. The zero-order valence-corrected chi connectivity index (χ0v) is 20.0. The predicted octanol–water partition coefficient (Wildman–Crippen LogP) is 7.96. The molecule has 0 aliphatic rings. The van der Waals surface area contributed by atoms with Gasteiger partial charge in [0.2, 0.25) is 0 Å². The molecule has 5 aromatic carbocycles. The highest BCUT2D eigenvalue weighted by molar-refractivity contribution is 6.13. The highest BCUT2D eigenvalue weighted by Gasteiger charge is 2.13. The lowest BCUT2D eigenvalue weighted by Crippen LogP contribution is -2.02. The molecular weight excluding hydrogens is 438 g/mol. The van der Waals surface area contributed by atoms with Crippen LogP contribution in [0.15, 0.2) is 138 Å². The minimum absolute atomic E-state index is 0.854. The van der Waals surface area contributed by atoms with Crippen LogP contribution in [0, 0.1) is 6.92 Å². The molecule has 1 heterocycles. The number of rotatable bonds is 5. The molecule has 0 unspecified atom stereocenters. The Bertz CT molecular complexity index is 1670. The van der Waals surface area contributed by atoms with Gasteiger partial charge in [-0.2, -0.15) is 5.10 Å². The third-order valence-electron chi connectivity index (χ3n) is 6.52. The lowest BCUT2D eigenvalue weighted by atomic mass is 10.0. The monoisotopic (exact) mass is 463 g/mol. The molecule has 0 aliphatic heterocycles. The van der Waals surface area contributed by atoms with Gasteiger partial charge in [0.1, 0.15) is 5.71 Å². The average molecular weight is 464 g/mol. The number of nitrogens with zero attached hydrogens (tertiary/aromatic N) is 3. The van der Waals surface area contributed by atoms with E-state index in [9.17, 15) is 0 Å². The minimum atomic E-state index is 0.854. The first-order valence-electron chi connectivity index (χ1n) is 12.1. The number of aromatic nitrogens is 1.